The van der Waals surface area contributed by atoms with Gasteiger partial charge in [0, 0.05) is 18.8 Å². The van der Waals surface area contributed by atoms with Gasteiger partial charge in [0.15, 0.2) is 0 Å². The van der Waals surface area contributed by atoms with E-state index >= 15 is 0 Å². The van der Waals surface area contributed by atoms with Gasteiger partial charge < -0.3 is 0 Å². The molecule has 1 unspecified atom stereocenters. The van der Waals surface area contributed by atoms with Crippen molar-refractivity contribution in [2.45, 2.75) is 64.5 Å². The first-order valence-corrected chi connectivity index (χ1v) is 7.31. The lowest BCUT2D eigenvalue weighted by Crippen LogP contribution is -2.42. The number of rotatable bonds is 5. The second-order valence-corrected chi connectivity index (χ2v) is 5.43. The number of aromatic nitrogens is 2. The van der Waals surface area contributed by atoms with Gasteiger partial charge in [0.1, 0.15) is 0 Å². The van der Waals surface area contributed by atoms with Crippen LogP contribution in [0.5, 0.6) is 0 Å². The molecule has 0 amide bonds. The summed E-state index contributed by atoms with van der Waals surface area (Å²) in [5, 5.41) is 4.33. The number of nitrogens with zero attached hydrogens (tertiary/aromatic N) is 2. The van der Waals surface area contributed by atoms with E-state index in [9.17, 15) is 0 Å². The summed E-state index contributed by atoms with van der Waals surface area (Å²) in [6, 6.07) is 0.401. The highest BCUT2D eigenvalue weighted by molar-refractivity contribution is 5.06. The van der Waals surface area contributed by atoms with Gasteiger partial charge in [0.25, 0.3) is 0 Å². The Labute approximate surface area is 110 Å². The summed E-state index contributed by atoms with van der Waals surface area (Å²) in [4.78, 5) is 0. The van der Waals surface area contributed by atoms with Crippen molar-refractivity contribution in [3.63, 3.8) is 0 Å². The lowest BCUT2D eigenvalue weighted by molar-refractivity contribution is 0.320. The highest BCUT2D eigenvalue weighted by atomic mass is 15.3. The molecule has 3 N–H and O–H groups in total. The van der Waals surface area contributed by atoms with Gasteiger partial charge in [-0.2, -0.15) is 5.10 Å². The fraction of sp³-hybridized carbons (Fsp3) is 0.786. The van der Waals surface area contributed by atoms with Crippen molar-refractivity contribution in [3.05, 3.63) is 18.0 Å². The predicted octanol–water partition coefficient (Wildman–Crippen LogP) is 2.25. The zero-order valence-corrected chi connectivity index (χ0v) is 11.4. The summed E-state index contributed by atoms with van der Waals surface area (Å²) in [6.45, 7) is 3.05. The summed E-state index contributed by atoms with van der Waals surface area (Å²) in [5.41, 5.74) is 4.33. The van der Waals surface area contributed by atoms with Gasteiger partial charge in [0.05, 0.1) is 6.20 Å². The molecule has 1 fully saturated rings. The number of aryl methyl sites for hydroxylation is 1. The van der Waals surface area contributed by atoms with E-state index in [-0.39, 0.29) is 0 Å². The SMILES string of the molecule is CCn1cc(CC(NN)C2CCCCCC2)cn1. The fourth-order valence-electron chi connectivity index (χ4n) is 3.01. The van der Waals surface area contributed by atoms with E-state index in [4.69, 9.17) is 5.84 Å². The van der Waals surface area contributed by atoms with Gasteiger partial charge >= 0.3 is 0 Å². The highest BCUT2D eigenvalue weighted by Gasteiger charge is 2.22. The average Bonchev–Trinajstić information content (AvgIpc) is 2.68. The first-order chi connectivity index (χ1) is 8.83. The molecular weight excluding hydrogens is 224 g/mol. The molecule has 1 aromatic heterocycles. The van der Waals surface area contributed by atoms with Crippen molar-refractivity contribution < 1.29 is 0 Å². The van der Waals surface area contributed by atoms with Gasteiger partial charge in [-0.15, -0.1) is 0 Å². The van der Waals surface area contributed by atoms with Crippen LogP contribution in [0.3, 0.4) is 0 Å². The van der Waals surface area contributed by atoms with Gasteiger partial charge in [-0.1, -0.05) is 25.7 Å². The standard InChI is InChI=1S/C14H26N4/c1-2-18-11-12(10-16-18)9-14(17-15)13-7-5-3-4-6-8-13/h10-11,13-14,17H,2-9,15H2,1H3. The Hall–Kier alpha value is -0.870. The van der Waals surface area contributed by atoms with E-state index in [0.29, 0.717) is 6.04 Å². The molecule has 18 heavy (non-hydrogen) atoms. The molecule has 0 radical (unpaired) electrons. The van der Waals surface area contributed by atoms with Crippen molar-refractivity contribution in [2.24, 2.45) is 11.8 Å². The molecule has 0 aromatic carbocycles. The Kier molecular flexibility index (Phi) is 5.20. The maximum Gasteiger partial charge on any atom is 0.0522 e. The van der Waals surface area contributed by atoms with Gasteiger partial charge in [-0.25, -0.2) is 0 Å². The molecule has 4 nitrogen and oxygen atoms in total. The lowest BCUT2D eigenvalue weighted by Gasteiger charge is -2.25. The lowest BCUT2D eigenvalue weighted by atomic mass is 9.89. The van der Waals surface area contributed by atoms with E-state index in [1.54, 1.807) is 0 Å². The summed E-state index contributed by atoms with van der Waals surface area (Å²) < 4.78 is 1.98. The maximum atomic E-state index is 5.76. The molecule has 0 bridgehead atoms. The van der Waals surface area contributed by atoms with E-state index in [0.717, 1.165) is 18.9 Å². The molecule has 2 rings (SSSR count). The normalized spacial score (nSPS) is 19.7. The number of hydrogen-bond acceptors (Lipinski definition) is 3. The second kappa shape index (κ2) is 6.90. The zero-order chi connectivity index (χ0) is 12.8. The van der Waals surface area contributed by atoms with Crippen molar-refractivity contribution in [1.29, 1.82) is 0 Å². The summed E-state index contributed by atoms with van der Waals surface area (Å²) in [5.74, 6) is 6.49. The average molecular weight is 250 g/mol. The zero-order valence-electron chi connectivity index (χ0n) is 11.4. The van der Waals surface area contributed by atoms with Crippen LogP contribution in [0.25, 0.3) is 0 Å². The molecule has 1 saturated carbocycles. The second-order valence-electron chi connectivity index (χ2n) is 5.43. The van der Waals surface area contributed by atoms with Crippen LogP contribution in [0.4, 0.5) is 0 Å². The third kappa shape index (κ3) is 3.56. The molecule has 0 aliphatic heterocycles. The van der Waals surface area contributed by atoms with Crippen molar-refractivity contribution in [2.75, 3.05) is 0 Å². The predicted molar refractivity (Wildman–Crippen MR) is 73.9 cm³/mol. The first kappa shape index (κ1) is 13.6. The van der Waals surface area contributed by atoms with E-state index < -0.39 is 0 Å². The summed E-state index contributed by atoms with van der Waals surface area (Å²) in [7, 11) is 0. The largest absolute Gasteiger partial charge is 0.273 e. The highest BCUT2D eigenvalue weighted by Crippen LogP contribution is 2.26. The Morgan fingerprint density at radius 2 is 2.11 bits per heavy atom. The smallest absolute Gasteiger partial charge is 0.0522 e. The minimum atomic E-state index is 0.401. The number of hydrazine groups is 1. The number of hydrogen-bond donors (Lipinski definition) is 2. The van der Waals surface area contributed by atoms with Gasteiger partial charge in [0.2, 0.25) is 0 Å². The van der Waals surface area contributed by atoms with E-state index in [2.05, 4.69) is 23.6 Å². The molecule has 1 aliphatic carbocycles. The summed E-state index contributed by atoms with van der Waals surface area (Å²) >= 11 is 0. The molecule has 1 aromatic rings. The van der Waals surface area contributed by atoms with Crippen LogP contribution in [0.2, 0.25) is 0 Å². The third-order valence-electron chi connectivity index (χ3n) is 4.15. The molecular formula is C14H26N4. The van der Waals surface area contributed by atoms with E-state index in [1.807, 2.05) is 10.9 Å². The van der Waals surface area contributed by atoms with Crippen LogP contribution in [0, 0.1) is 5.92 Å². The summed E-state index contributed by atoms with van der Waals surface area (Å²) in [6.07, 6.45) is 13.2. The first-order valence-electron chi connectivity index (χ1n) is 7.31. The van der Waals surface area contributed by atoms with Gasteiger partial charge in [-0.3, -0.25) is 16.0 Å². The Balaban J connectivity index is 1.94. The van der Waals surface area contributed by atoms with Crippen LogP contribution in [-0.2, 0) is 13.0 Å². The Morgan fingerprint density at radius 1 is 1.39 bits per heavy atom. The van der Waals surface area contributed by atoms with Crippen LogP contribution in [-0.4, -0.2) is 15.8 Å². The Bertz CT molecular complexity index is 339. The third-order valence-corrected chi connectivity index (χ3v) is 4.15. The topological polar surface area (TPSA) is 55.9 Å². The minimum absolute atomic E-state index is 0.401. The molecule has 1 aliphatic rings. The molecule has 102 valence electrons. The molecule has 4 heteroatoms. The maximum absolute atomic E-state index is 5.76. The minimum Gasteiger partial charge on any atom is -0.273 e. The van der Waals surface area contributed by atoms with Crippen LogP contribution >= 0.6 is 0 Å². The molecule has 0 spiro atoms. The van der Waals surface area contributed by atoms with Crippen molar-refractivity contribution in [3.8, 4) is 0 Å². The fourth-order valence-corrected chi connectivity index (χ4v) is 3.01. The number of nitrogens with one attached hydrogen (secondary N) is 1. The monoisotopic (exact) mass is 250 g/mol. The quantitative estimate of drug-likeness (QED) is 0.479. The van der Waals surface area contributed by atoms with Crippen molar-refractivity contribution in [1.82, 2.24) is 15.2 Å². The molecule has 0 saturated heterocycles. The van der Waals surface area contributed by atoms with Crippen LogP contribution in [0.15, 0.2) is 12.4 Å². The van der Waals surface area contributed by atoms with Gasteiger partial charge in [-0.05, 0) is 37.7 Å². The van der Waals surface area contributed by atoms with Crippen molar-refractivity contribution >= 4 is 0 Å². The molecule has 1 atom stereocenters. The van der Waals surface area contributed by atoms with Crippen LogP contribution < -0.4 is 11.3 Å². The number of nitrogens with two attached hydrogens (primary N) is 1. The van der Waals surface area contributed by atoms with Crippen LogP contribution in [0.1, 0.15) is 51.0 Å². The van der Waals surface area contributed by atoms with E-state index in [1.165, 1.54) is 44.1 Å². The molecule has 1 heterocycles. The Morgan fingerprint density at radius 3 is 2.67 bits per heavy atom.